The molecule has 0 unspecified atom stereocenters. The molecule has 0 bridgehead atoms. The molecule has 0 atom stereocenters. The van der Waals surface area contributed by atoms with Crippen molar-refractivity contribution in [2.45, 2.75) is 45.4 Å². The second-order valence-electron chi connectivity index (χ2n) is 6.79. The summed E-state index contributed by atoms with van der Waals surface area (Å²) in [6.45, 7) is 8.03. The van der Waals surface area contributed by atoms with Gasteiger partial charge in [-0.2, -0.15) is 5.10 Å². The highest BCUT2D eigenvalue weighted by atomic mass is 127. The first kappa shape index (κ1) is 21.7. The van der Waals surface area contributed by atoms with Gasteiger partial charge in [-0.05, 0) is 43.7 Å². The van der Waals surface area contributed by atoms with E-state index >= 15 is 0 Å². The zero-order valence-electron chi connectivity index (χ0n) is 16.3. The first-order chi connectivity index (χ1) is 12.8. The largest absolute Gasteiger partial charge is 0.357 e. The van der Waals surface area contributed by atoms with Crippen LogP contribution in [0.15, 0.2) is 35.6 Å². The highest BCUT2D eigenvalue weighted by Crippen LogP contribution is 2.24. The lowest BCUT2D eigenvalue weighted by Gasteiger charge is -2.33. The fourth-order valence-electron chi connectivity index (χ4n) is 3.43. The molecule has 1 aromatic heterocycles. The van der Waals surface area contributed by atoms with Crippen molar-refractivity contribution in [3.8, 4) is 0 Å². The molecule has 1 fully saturated rings. The number of nitrogens with one attached hydrogen (secondary N) is 2. The molecule has 27 heavy (non-hydrogen) atoms. The summed E-state index contributed by atoms with van der Waals surface area (Å²) in [5, 5.41) is 10.4. The summed E-state index contributed by atoms with van der Waals surface area (Å²) in [7, 11) is 0. The van der Waals surface area contributed by atoms with Crippen LogP contribution in [0.4, 0.5) is 0 Å². The minimum Gasteiger partial charge on any atom is -0.357 e. The number of hydrogen-bond donors (Lipinski definition) is 2. The molecule has 0 radical (unpaired) electrons. The lowest BCUT2D eigenvalue weighted by molar-refractivity contribution is 0.299. The van der Waals surface area contributed by atoms with Crippen LogP contribution in [0.1, 0.15) is 49.6 Å². The van der Waals surface area contributed by atoms with Crippen LogP contribution < -0.4 is 5.32 Å². The predicted molar refractivity (Wildman–Crippen MR) is 121 cm³/mol. The molecule has 6 nitrogen and oxygen atoms in total. The molecule has 2 aromatic rings. The minimum absolute atomic E-state index is 0. The number of nitrogens with zero attached hydrogens (tertiary/aromatic N) is 4. The number of halogens is 1. The van der Waals surface area contributed by atoms with Crippen LogP contribution in [-0.2, 0) is 12.8 Å². The summed E-state index contributed by atoms with van der Waals surface area (Å²) in [5.41, 5.74) is 2.74. The topological polar surface area (TPSA) is 69.2 Å². The Morgan fingerprint density at radius 1 is 1.19 bits per heavy atom. The summed E-state index contributed by atoms with van der Waals surface area (Å²) in [4.78, 5) is 11.5. The lowest BCUT2D eigenvalue weighted by atomic mass is 9.96. The number of hydrogen-bond acceptors (Lipinski definition) is 3. The van der Waals surface area contributed by atoms with E-state index in [1.807, 2.05) is 0 Å². The monoisotopic (exact) mass is 482 g/mol. The number of guanidine groups is 1. The number of aromatic nitrogens is 3. The molecule has 7 heteroatoms. The van der Waals surface area contributed by atoms with E-state index < -0.39 is 0 Å². The van der Waals surface area contributed by atoms with Crippen LogP contribution in [0.3, 0.4) is 0 Å². The quantitative estimate of drug-likeness (QED) is 0.377. The lowest BCUT2D eigenvalue weighted by Crippen LogP contribution is -2.45. The van der Waals surface area contributed by atoms with Gasteiger partial charge in [-0.3, -0.25) is 10.1 Å². The summed E-state index contributed by atoms with van der Waals surface area (Å²) < 4.78 is 0. The van der Waals surface area contributed by atoms with Crippen LogP contribution >= 0.6 is 24.0 Å². The highest BCUT2D eigenvalue weighted by molar-refractivity contribution is 14.0. The van der Waals surface area contributed by atoms with Gasteiger partial charge < -0.3 is 10.2 Å². The number of piperidine rings is 1. The van der Waals surface area contributed by atoms with Gasteiger partial charge in [-0.1, -0.05) is 31.2 Å². The van der Waals surface area contributed by atoms with Crippen molar-refractivity contribution >= 4 is 29.9 Å². The Kier molecular flexibility index (Phi) is 9.03. The zero-order valence-corrected chi connectivity index (χ0v) is 18.6. The Morgan fingerprint density at radius 2 is 1.89 bits per heavy atom. The van der Waals surface area contributed by atoms with E-state index in [1.165, 1.54) is 11.1 Å². The molecule has 0 aliphatic carbocycles. The molecule has 3 rings (SSSR count). The highest BCUT2D eigenvalue weighted by Gasteiger charge is 2.24. The van der Waals surface area contributed by atoms with Crippen molar-refractivity contribution in [3.05, 3.63) is 47.5 Å². The SMILES string of the molecule is CCNC(=NCCc1ccc(CC)cc1)N1CCC(c2ncn[nH]2)CC1.I. The predicted octanol–water partition coefficient (Wildman–Crippen LogP) is 3.37. The second kappa shape index (κ2) is 11.3. The summed E-state index contributed by atoms with van der Waals surface area (Å²) in [6, 6.07) is 8.89. The maximum Gasteiger partial charge on any atom is 0.193 e. The molecule has 2 N–H and O–H groups in total. The Bertz CT molecular complexity index is 675. The van der Waals surface area contributed by atoms with E-state index in [1.54, 1.807) is 6.33 Å². The molecule has 1 aliphatic rings. The van der Waals surface area contributed by atoms with Crippen molar-refractivity contribution in [1.29, 1.82) is 0 Å². The zero-order chi connectivity index (χ0) is 18.2. The van der Waals surface area contributed by atoms with Crippen LogP contribution in [0.5, 0.6) is 0 Å². The van der Waals surface area contributed by atoms with E-state index in [2.05, 4.69) is 63.5 Å². The maximum absolute atomic E-state index is 4.86. The van der Waals surface area contributed by atoms with Gasteiger partial charge in [0.1, 0.15) is 12.2 Å². The van der Waals surface area contributed by atoms with Crippen molar-refractivity contribution in [1.82, 2.24) is 25.4 Å². The first-order valence-electron chi connectivity index (χ1n) is 9.76. The summed E-state index contributed by atoms with van der Waals surface area (Å²) in [5.74, 6) is 2.53. The molecule has 0 spiro atoms. The molecule has 0 amide bonds. The normalized spacial score (nSPS) is 15.5. The molecule has 1 aromatic carbocycles. The molecular formula is C20H31IN6. The van der Waals surface area contributed by atoms with Gasteiger partial charge in [0.05, 0.1) is 0 Å². The fraction of sp³-hybridized carbons (Fsp3) is 0.550. The Labute approximate surface area is 179 Å². The van der Waals surface area contributed by atoms with Crippen LogP contribution in [0.25, 0.3) is 0 Å². The van der Waals surface area contributed by atoms with Gasteiger partial charge in [0.15, 0.2) is 5.96 Å². The number of benzene rings is 1. The van der Waals surface area contributed by atoms with E-state index in [9.17, 15) is 0 Å². The fourth-order valence-corrected chi connectivity index (χ4v) is 3.43. The number of likely N-dealkylation sites (tertiary alicyclic amines) is 1. The van der Waals surface area contributed by atoms with E-state index in [4.69, 9.17) is 4.99 Å². The average molecular weight is 482 g/mol. The Morgan fingerprint density at radius 3 is 2.48 bits per heavy atom. The summed E-state index contributed by atoms with van der Waals surface area (Å²) >= 11 is 0. The number of aryl methyl sites for hydroxylation is 1. The van der Waals surface area contributed by atoms with Crippen LogP contribution in [0, 0.1) is 0 Å². The molecule has 148 valence electrons. The Hall–Kier alpha value is -1.64. The van der Waals surface area contributed by atoms with E-state index in [0.29, 0.717) is 5.92 Å². The van der Waals surface area contributed by atoms with E-state index in [0.717, 1.165) is 63.6 Å². The number of aliphatic imine (C=N–C) groups is 1. The van der Waals surface area contributed by atoms with Gasteiger partial charge in [0.25, 0.3) is 0 Å². The molecule has 1 aliphatic heterocycles. The van der Waals surface area contributed by atoms with Crippen LogP contribution in [0.2, 0.25) is 0 Å². The second-order valence-corrected chi connectivity index (χ2v) is 6.79. The van der Waals surface area contributed by atoms with Crippen molar-refractivity contribution in [3.63, 3.8) is 0 Å². The maximum atomic E-state index is 4.86. The van der Waals surface area contributed by atoms with Crippen LogP contribution in [-0.4, -0.2) is 52.2 Å². The van der Waals surface area contributed by atoms with Crippen molar-refractivity contribution in [2.24, 2.45) is 4.99 Å². The molecule has 1 saturated heterocycles. The number of aromatic amines is 1. The van der Waals surface area contributed by atoms with E-state index in [-0.39, 0.29) is 24.0 Å². The molecule has 0 saturated carbocycles. The van der Waals surface area contributed by atoms with Crippen molar-refractivity contribution in [2.75, 3.05) is 26.2 Å². The first-order valence-corrected chi connectivity index (χ1v) is 9.76. The third-order valence-corrected chi connectivity index (χ3v) is 5.04. The molecule has 2 heterocycles. The van der Waals surface area contributed by atoms with Gasteiger partial charge >= 0.3 is 0 Å². The van der Waals surface area contributed by atoms with Gasteiger partial charge in [0.2, 0.25) is 0 Å². The average Bonchev–Trinajstić information content (AvgIpc) is 3.23. The minimum atomic E-state index is 0. The third kappa shape index (κ3) is 6.19. The standard InChI is InChI=1S/C20H30N6.HI/c1-3-16-5-7-17(8-6-16)9-12-22-20(21-4-2)26-13-10-18(11-14-26)19-23-15-24-25-19;/h5-8,15,18H,3-4,9-14H2,1-2H3,(H,21,22)(H,23,24,25);1H. The van der Waals surface area contributed by atoms with Crippen molar-refractivity contribution < 1.29 is 0 Å². The summed E-state index contributed by atoms with van der Waals surface area (Å²) in [6.07, 6.45) is 5.83. The number of H-pyrrole nitrogens is 1. The number of rotatable bonds is 6. The van der Waals surface area contributed by atoms with Gasteiger partial charge in [-0.25, -0.2) is 4.98 Å². The Balaban J connectivity index is 0.00000261. The molecular weight excluding hydrogens is 451 g/mol. The smallest absolute Gasteiger partial charge is 0.193 e. The van der Waals surface area contributed by atoms with Gasteiger partial charge in [-0.15, -0.1) is 24.0 Å². The third-order valence-electron chi connectivity index (χ3n) is 5.04. The van der Waals surface area contributed by atoms with Gasteiger partial charge in [0, 0.05) is 32.1 Å².